The third kappa shape index (κ3) is 4.75. The van der Waals surface area contributed by atoms with Gasteiger partial charge in [-0.2, -0.15) is 0 Å². The fourth-order valence-corrected chi connectivity index (χ4v) is 3.77. The van der Waals surface area contributed by atoms with Gasteiger partial charge in [-0.25, -0.2) is 4.98 Å². The Morgan fingerprint density at radius 2 is 2.30 bits per heavy atom. The zero-order valence-corrected chi connectivity index (χ0v) is 14.5. The normalized spacial score (nSPS) is 19.6. The third-order valence-electron chi connectivity index (χ3n) is 4.08. The topological polar surface area (TPSA) is 79.7 Å². The van der Waals surface area contributed by atoms with Gasteiger partial charge in [0.1, 0.15) is 16.0 Å². The number of hydrogen-bond donors (Lipinski definition) is 1. The van der Waals surface area contributed by atoms with E-state index in [1.54, 1.807) is 6.20 Å². The van der Waals surface area contributed by atoms with Gasteiger partial charge < -0.3 is 14.7 Å². The molecule has 2 rings (SSSR count). The molecule has 0 radical (unpaired) electrons. The number of hydrogen-bond acceptors (Lipinski definition) is 5. The van der Waals surface area contributed by atoms with Gasteiger partial charge in [0, 0.05) is 25.6 Å². The van der Waals surface area contributed by atoms with Crippen molar-refractivity contribution in [3.8, 4) is 0 Å². The molecule has 23 heavy (non-hydrogen) atoms. The Hall–Kier alpha value is -1.47. The number of ether oxygens (including phenoxy) is 1. The fourth-order valence-electron chi connectivity index (χ4n) is 2.90. The monoisotopic (exact) mass is 340 g/mol. The molecule has 0 saturated carbocycles. The van der Waals surface area contributed by atoms with Crippen molar-refractivity contribution in [3.05, 3.63) is 16.1 Å². The first-order valence-electron chi connectivity index (χ1n) is 8.13. The molecular weight excluding hydrogens is 316 g/mol. The SMILES string of the molecule is CCOC(C)c1ncc(C(=O)N2CCCCC2CCC(=O)O)s1. The lowest BCUT2D eigenvalue weighted by atomic mass is 9.97. The molecular formula is C16H24N2O4S. The molecule has 1 aromatic heterocycles. The first kappa shape index (κ1) is 17.9. The number of rotatable bonds is 7. The van der Waals surface area contributed by atoms with E-state index in [0.717, 1.165) is 24.3 Å². The van der Waals surface area contributed by atoms with Crippen molar-refractivity contribution in [1.82, 2.24) is 9.88 Å². The molecule has 2 atom stereocenters. The third-order valence-corrected chi connectivity index (χ3v) is 5.22. The first-order chi connectivity index (χ1) is 11.0. The Labute approximate surface area is 140 Å². The molecule has 1 aliphatic rings. The van der Waals surface area contributed by atoms with Gasteiger partial charge in [-0.1, -0.05) is 0 Å². The second kappa shape index (κ2) is 8.40. The maximum absolute atomic E-state index is 12.8. The number of carboxylic acid groups (broad SMARTS) is 1. The van der Waals surface area contributed by atoms with Crippen LogP contribution in [0.25, 0.3) is 0 Å². The van der Waals surface area contributed by atoms with E-state index in [4.69, 9.17) is 9.84 Å². The summed E-state index contributed by atoms with van der Waals surface area (Å²) in [4.78, 5) is 30.3. The molecule has 1 fully saturated rings. The predicted octanol–water partition coefficient (Wildman–Crippen LogP) is 3.10. The van der Waals surface area contributed by atoms with Crippen LogP contribution in [0.3, 0.4) is 0 Å². The number of amides is 1. The second-order valence-electron chi connectivity index (χ2n) is 5.74. The maximum atomic E-state index is 12.8. The lowest BCUT2D eigenvalue weighted by molar-refractivity contribution is -0.137. The molecule has 1 saturated heterocycles. The van der Waals surface area contributed by atoms with Crippen LogP contribution in [0.5, 0.6) is 0 Å². The van der Waals surface area contributed by atoms with Crippen molar-refractivity contribution in [2.24, 2.45) is 0 Å². The van der Waals surface area contributed by atoms with E-state index in [1.807, 2.05) is 18.7 Å². The van der Waals surface area contributed by atoms with Gasteiger partial charge >= 0.3 is 5.97 Å². The molecule has 1 N–H and O–H groups in total. The molecule has 0 aromatic carbocycles. The average Bonchev–Trinajstić information content (AvgIpc) is 3.03. The molecule has 0 spiro atoms. The van der Waals surface area contributed by atoms with E-state index in [-0.39, 0.29) is 24.5 Å². The quantitative estimate of drug-likeness (QED) is 0.825. The number of nitrogens with zero attached hydrogens (tertiary/aromatic N) is 2. The summed E-state index contributed by atoms with van der Waals surface area (Å²) >= 11 is 1.37. The molecule has 1 aliphatic heterocycles. The molecule has 7 heteroatoms. The zero-order valence-electron chi connectivity index (χ0n) is 13.7. The van der Waals surface area contributed by atoms with Crippen LogP contribution in [0.15, 0.2) is 6.20 Å². The highest BCUT2D eigenvalue weighted by molar-refractivity contribution is 7.13. The Morgan fingerprint density at radius 1 is 1.52 bits per heavy atom. The zero-order chi connectivity index (χ0) is 16.8. The Balaban J connectivity index is 2.06. The minimum absolute atomic E-state index is 0.0159. The van der Waals surface area contributed by atoms with Crippen LogP contribution in [-0.2, 0) is 9.53 Å². The second-order valence-corrected chi connectivity index (χ2v) is 6.80. The fraction of sp³-hybridized carbons (Fsp3) is 0.688. The van der Waals surface area contributed by atoms with E-state index in [0.29, 0.717) is 24.4 Å². The van der Waals surface area contributed by atoms with E-state index in [1.165, 1.54) is 11.3 Å². The van der Waals surface area contributed by atoms with Crippen LogP contribution < -0.4 is 0 Å². The number of aromatic nitrogens is 1. The standard InChI is InChI=1S/C16H24N2O4S/c1-3-22-11(2)15-17-10-13(23-15)16(21)18-9-5-4-6-12(18)7-8-14(19)20/h10-12H,3-9H2,1-2H3,(H,19,20). The summed E-state index contributed by atoms with van der Waals surface area (Å²) in [5.41, 5.74) is 0. The molecule has 128 valence electrons. The summed E-state index contributed by atoms with van der Waals surface area (Å²) in [6, 6.07) is 0.0159. The number of piperidine rings is 1. The minimum Gasteiger partial charge on any atom is -0.481 e. The van der Waals surface area contributed by atoms with Gasteiger partial charge in [-0.05, 0) is 39.5 Å². The number of carboxylic acids is 1. The van der Waals surface area contributed by atoms with Crippen molar-refractivity contribution in [3.63, 3.8) is 0 Å². The van der Waals surface area contributed by atoms with E-state index in [9.17, 15) is 9.59 Å². The van der Waals surface area contributed by atoms with Crippen LogP contribution in [0.4, 0.5) is 0 Å². The molecule has 0 bridgehead atoms. The highest BCUT2D eigenvalue weighted by atomic mass is 32.1. The predicted molar refractivity (Wildman–Crippen MR) is 87.7 cm³/mol. The summed E-state index contributed by atoms with van der Waals surface area (Å²) in [6.45, 7) is 5.15. The van der Waals surface area contributed by atoms with Crippen molar-refractivity contribution in [2.45, 2.75) is 58.1 Å². The van der Waals surface area contributed by atoms with Crippen LogP contribution in [0.1, 0.15) is 66.7 Å². The van der Waals surface area contributed by atoms with Crippen LogP contribution in [0.2, 0.25) is 0 Å². The Bertz CT molecular complexity index is 546. The van der Waals surface area contributed by atoms with Crippen LogP contribution in [0, 0.1) is 0 Å². The summed E-state index contributed by atoms with van der Waals surface area (Å²) in [7, 11) is 0. The summed E-state index contributed by atoms with van der Waals surface area (Å²) in [6.07, 6.45) is 5.00. The summed E-state index contributed by atoms with van der Waals surface area (Å²) in [5, 5.41) is 9.68. The number of thiazole rings is 1. The number of likely N-dealkylation sites (tertiary alicyclic amines) is 1. The smallest absolute Gasteiger partial charge is 0.303 e. The highest BCUT2D eigenvalue weighted by Crippen LogP contribution is 2.27. The van der Waals surface area contributed by atoms with E-state index in [2.05, 4.69) is 4.98 Å². The first-order valence-corrected chi connectivity index (χ1v) is 8.94. The average molecular weight is 340 g/mol. The van der Waals surface area contributed by atoms with Crippen molar-refractivity contribution >= 4 is 23.2 Å². The van der Waals surface area contributed by atoms with Gasteiger partial charge in [0.25, 0.3) is 5.91 Å². The Morgan fingerprint density at radius 3 is 3.00 bits per heavy atom. The summed E-state index contributed by atoms with van der Waals surface area (Å²) < 4.78 is 5.51. The molecule has 1 aromatic rings. The lowest BCUT2D eigenvalue weighted by Crippen LogP contribution is -2.43. The molecule has 1 amide bonds. The Kier molecular flexibility index (Phi) is 6.53. The van der Waals surface area contributed by atoms with Crippen molar-refractivity contribution in [1.29, 1.82) is 0 Å². The molecule has 2 unspecified atom stereocenters. The molecule has 2 heterocycles. The number of carbonyl (C=O) groups is 2. The van der Waals surface area contributed by atoms with Crippen molar-refractivity contribution < 1.29 is 19.4 Å². The summed E-state index contributed by atoms with van der Waals surface area (Å²) in [5.74, 6) is -0.846. The van der Waals surface area contributed by atoms with Gasteiger partial charge in [0.15, 0.2) is 0 Å². The van der Waals surface area contributed by atoms with Crippen LogP contribution in [-0.4, -0.2) is 46.1 Å². The van der Waals surface area contributed by atoms with E-state index >= 15 is 0 Å². The van der Waals surface area contributed by atoms with Gasteiger partial charge in [0.05, 0.1) is 6.20 Å². The lowest BCUT2D eigenvalue weighted by Gasteiger charge is -2.35. The van der Waals surface area contributed by atoms with E-state index < -0.39 is 5.97 Å². The van der Waals surface area contributed by atoms with Gasteiger partial charge in [-0.3, -0.25) is 9.59 Å². The molecule has 6 nitrogen and oxygen atoms in total. The van der Waals surface area contributed by atoms with Gasteiger partial charge in [0.2, 0.25) is 0 Å². The minimum atomic E-state index is -0.811. The molecule has 0 aliphatic carbocycles. The number of carbonyl (C=O) groups excluding carboxylic acids is 1. The number of aliphatic carboxylic acids is 1. The van der Waals surface area contributed by atoms with Gasteiger partial charge in [-0.15, -0.1) is 11.3 Å². The maximum Gasteiger partial charge on any atom is 0.303 e. The van der Waals surface area contributed by atoms with Crippen LogP contribution >= 0.6 is 11.3 Å². The van der Waals surface area contributed by atoms with Crippen molar-refractivity contribution in [2.75, 3.05) is 13.2 Å². The largest absolute Gasteiger partial charge is 0.481 e. The highest BCUT2D eigenvalue weighted by Gasteiger charge is 2.29.